The number of halogens is 1. The maximum Gasteiger partial charge on any atom is 0.314 e. The molecule has 18 heavy (non-hydrogen) atoms. The van der Waals surface area contributed by atoms with Crippen LogP contribution in [0, 0.1) is 0 Å². The summed E-state index contributed by atoms with van der Waals surface area (Å²) in [4.78, 5) is 11.7. The monoisotopic (exact) mass is 308 g/mol. The van der Waals surface area contributed by atoms with Gasteiger partial charge in [-0.1, -0.05) is 31.0 Å². The van der Waals surface area contributed by atoms with E-state index in [9.17, 15) is 9.90 Å². The highest BCUT2D eigenvalue weighted by Gasteiger charge is 2.44. The van der Waals surface area contributed by atoms with Gasteiger partial charge in [0.05, 0.1) is 10.9 Å². The third-order valence-corrected chi connectivity index (χ3v) is 4.52. The average molecular weight is 309 g/mol. The fourth-order valence-electron chi connectivity index (χ4n) is 2.97. The Hall–Kier alpha value is -1.36. The van der Waals surface area contributed by atoms with Crippen molar-refractivity contribution in [3.05, 3.63) is 28.4 Å². The number of nitrogens with one attached hydrogen (secondary N) is 1. The predicted octanol–water partition coefficient (Wildman–Crippen LogP) is 3.22. The Labute approximate surface area is 113 Å². The largest absolute Gasteiger partial charge is 0.481 e. The third kappa shape index (κ3) is 1.50. The van der Waals surface area contributed by atoms with Gasteiger partial charge in [0, 0.05) is 5.39 Å². The molecule has 0 atom stereocenters. The van der Waals surface area contributed by atoms with Crippen molar-refractivity contribution >= 4 is 32.8 Å². The van der Waals surface area contributed by atoms with Crippen LogP contribution >= 0.6 is 15.9 Å². The molecule has 1 aromatic heterocycles. The summed E-state index contributed by atoms with van der Waals surface area (Å²) < 4.78 is 0.804. The number of hydrogen-bond acceptors (Lipinski definition) is 2. The predicted molar refractivity (Wildman–Crippen MR) is 71.6 cm³/mol. The molecule has 1 aliphatic carbocycles. The number of aromatic nitrogens is 2. The normalized spacial score (nSPS) is 18.3. The minimum absolute atomic E-state index is 0.700. The lowest BCUT2D eigenvalue weighted by molar-refractivity contribution is -0.143. The van der Waals surface area contributed by atoms with Crippen LogP contribution in [0.15, 0.2) is 22.8 Å². The number of carbonyl (C=O) groups is 1. The van der Waals surface area contributed by atoms with E-state index in [0.717, 1.165) is 33.9 Å². The molecule has 0 bridgehead atoms. The standard InChI is InChI=1S/C13H13BrN2O2/c14-11-8-4-3-5-9(10(8)15-16-11)13(12(17)18)6-1-2-7-13/h3-5H,1-2,6-7H2,(H,15,16)(H,17,18). The Morgan fingerprint density at radius 1 is 1.39 bits per heavy atom. The first-order chi connectivity index (χ1) is 8.65. The molecule has 1 aromatic carbocycles. The van der Waals surface area contributed by atoms with Gasteiger partial charge in [-0.3, -0.25) is 9.89 Å². The number of rotatable bonds is 2. The van der Waals surface area contributed by atoms with Crippen molar-refractivity contribution in [2.75, 3.05) is 0 Å². The van der Waals surface area contributed by atoms with Gasteiger partial charge >= 0.3 is 5.97 Å². The lowest BCUT2D eigenvalue weighted by atomic mass is 9.78. The molecule has 2 N–H and O–H groups in total. The second-order valence-electron chi connectivity index (χ2n) is 4.83. The fraction of sp³-hybridized carbons (Fsp3) is 0.385. The molecule has 0 spiro atoms. The van der Waals surface area contributed by atoms with Gasteiger partial charge in [0.25, 0.3) is 0 Å². The van der Waals surface area contributed by atoms with E-state index in [1.807, 2.05) is 18.2 Å². The third-order valence-electron chi connectivity index (χ3n) is 3.92. The zero-order valence-corrected chi connectivity index (χ0v) is 11.3. The number of aliphatic carboxylic acids is 1. The molecule has 0 radical (unpaired) electrons. The quantitative estimate of drug-likeness (QED) is 0.895. The van der Waals surface area contributed by atoms with Crippen molar-refractivity contribution in [1.29, 1.82) is 0 Å². The number of aromatic amines is 1. The molecule has 0 amide bonds. The molecular weight excluding hydrogens is 296 g/mol. The number of H-pyrrole nitrogens is 1. The molecule has 1 fully saturated rings. The first-order valence-corrected chi connectivity index (χ1v) is 6.81. The van der Waals surface area contributed by atoms with Crippen molar-refractivity contribution in [1.82, 2.24) is 10.2 Å². The molecule has 1 heterocycles. The first kappa shape index (κ1) is 11.7. The van der Waals surface area contributed by atoms with E-state index in [1.165, 1.54) is 0 Å². The molecule has 1 saturated carbocycles. The van der Waals surface area contributed by atoms with Gasteiger partial charge in [0.2, 0.25) is 0 Å². The van der Waals surface area contributed by atoms with Crippen LogP contribution in [0.4, 0.5) is 0 Å². The SMILES string of the molecule is O=C(O)C1(c2cccc3c(Br)[nH]nc23)CCCC1. The Bertz CT molecular complexity index is 614. The van der Waals surface area contributed by atoms with Crippen molar-refractivity contribution in [3.63, 3.8) is 0 Å². The Kier molecular flexibility index (Phi) is 2.66. The van der Waals surface area contributed by atoms with E-state index in [1.54, 1.807) is 0 Å². The fourth-order valence-corrected chi connectivity index (χ4v) is 3.38. The summed E-state index contributed by atoms with van der Waals surface area (Å²) in [6.07, 6.45) is 3.33. The van der Waals surface area contributed by atoms with Crippen LogP contribution in [0.25, 0.3) is 10.9 Å². The van der Waals surface area contributed by atoms with E-state index in [-0.39, 0.29) is 0 Å². The number of fused-ring (bicyclic) bond motifs is 1. The van der Waals surface area contributed by atoms with Gasteiger partial charge in [-0.05, 0) is 34.3 Å². The summed E-state index contributed by atoms with van der Waals surface area (Å²) in [6.45, 7) is 0. The smallest absolute Gasteiger partial charge is 0.314 e. The minimum atomic E-state index is -0.756. The summed E-state index contributed by atoms with van der Waals surface area (Å²) in [5.41, 5.74) is 0.856. The second kappa shape index (κ2) is 4.09. The van der Waals surface area contributed by atoms with Crippen LogP contribution in [0.1, 0.15) is 31.2 Å². The van der Waals surface area contributed by atoms with Gasteiger partial charge in [0.1, 0.15) is 4.60 Å². The van der Waals surface area contributed by atoms with Gasteiger partial charge in [-0.25, -0.2) is 0 Å². The lowest BCUT2D eigenvalue weighted by Crippen LogP contribution is -2.32. The summed E-state index contributed by atoms with van der Waals surface area (Å²) in [5.74, 6) is -0.730. The van der Waals surface area contributed by atoms with Crippen LogP contribution < -0.4 is 0 Å². The summed E-state index contributed by atoms with van der Waals surface area (Å²) in [5, 5.41) is 17.7. The number of carboxylic acid groups (broad SMARTS) is 1. The highest BCUT2D eigenvalue weighted by molar-refractivity contribution is 9.10. The molecule has 5 heteroatoms. The Balaban J connectivity index is 2.27. The molecule has 0 saturated heterocycles. The molecular formula is C13H13BrN2O2. The summed E-state index contributed by atoms with van der Waals surface area (Å²) in [7, 11) is 0. The van der Waals surface area contributed by atoms with Gasteiger partial charge < -0.3 is 5.11 Å². The number of carboxylic acids is 1. The number of nitrogens with zero attached hydrogens (tertiary/aromatic N) is 1. The molecule has 3 rings (SSSR count). The Morgan fingerprint density at radius 2 is 2.11 bits per heavy atom. The van der Waals surface area contributed by atoms with E-state index in [2.05, 4.69) is 26.1 Å². The van der Waals surface area contributed by atoms with Crippen LogP contribution in [0.3, 0.4) is 0 Å². The van der Waals surface area contributed by atoms with Gasteiger partial charge in [-0.2, -0.15) is 5.10 Å². The molecule has 2 aromatic rings. The van der Waals surface area contributed by atoms with Crippen LogP contribution in [-0.2, 0) is 10.2 Å². The highest BCUT2D eigenvalue weighted by atomic mass is 79.9. The maximum atomic E-state index is 11.7. The first-order valence-electron chi connectivity index (χ1n) is 6.02. The lowest BCUT2D eigenvalue weighted by Gasteiger charge is -2.24. The number of benzene rings is 1. The Morgan fingerprint density at radius 3 is 2.78 bits per heavy atom. The molecule has 1 aliphatic rings. The van der Waals surface area contributed by atoms with E-state index >= 15 is 0 Å². The van der Waals surface area contributed by atoms with Crippen LogP contribution in [0.5, 0.6) is 0 Å². The zero-order chi connectivity index (χ0) is 12.8. The molecule has 0 unspecified atom stereocenters. The van der Waals surface area contributed by atoms with Crippen molar-refractivity contribution in [2.45, 2.75) is 31.1 Å². The number of hydrogen-bond donors (Lipinski definition) is 2. The van der Waals surface area contributed by atoms with Gasteiger partial charge in [0.15, 0.2) is 0 Å². The average Bonchev–Trinajstić information content (AvgIpc) is 2.97. The van der Waals surface area contributed by atoms with Crippen molar-refractivity contribution < 1.29 is 9.90 Å². The van der Waals surface area contributed by atoms with Crippen LogP contribution in [0.2, 0.25) is 0 Å². The molecule has 0 aliphatic heterocycles. The van der Waals surface area contributed by atoms with E-state index in [0.29, 0.717) is 12.8 Å². The van der Waals surface area contributed by atoms with Gasteiger partial charge in [-0.15, -0.1) is 0 Å². The molecule has 94 valence electrons. The topological polar surface area (TPSA) is 66.0 Å². The van der Waals surface area contributed by atoms with Crippen molar-refractivity contribution in [3.8, 4) is 0 Å². The minimum Gasteiger partial charge on any atom is -0.481 e. The van der Waals surface area contributed by atoms with E-state index < -0.39 is 11.4 Å². The maximum absolute atomic E-state index is 11.7. The zero-order valence-electron chi connectivity index (χ0n) is 9.74. The second-order valence-corrected chi connectivity index (χ2v) is 5.63. The molecule has 4 nitrogen and oxygen atoms in total. The van der Waals surface area contributed by atoms with Crippen LogP contribution in [-0.4, -0.2) is 21.3 Å². The number of para-hydroxylation sites is 1. The van der Waals surface area contributed by atoms with E-state index in [4.69, 9.17) is 0 Å². The highest BCUT2D eigenvalue weighted by Crippen LogP contribution is 2.44. The van der Waals surface area contributed by atoms with Crippen molar-refractivity contribution in [2.24, 2.45) is 0 Å². The summed E-state index contributed by atoms with van der Waals surface area (Å²) in [6, 6.07) is 5.74. The summed E-state index contributed by atoms with van der Waals surface area (Å²) >= 11 is 3.40.